The summed E-state index contributed by atoms with van der Waals surface area (Å²) in [6, 6.07) is 0. The number of aliphatic hydroxyl groups excluding tert-OH is 1. The summed E-state index contributed by atoms with van der Waals surface area (Å²) in [6.45, 7) is 2.67. The van der Waals surface area contributed by atoms with E-state index in [9.17, 15) is 4.79 Å². The summed E-state index contributed by atoms with van der Waals surface area (Å²) in [7, 11) is 0. The molecule has 0 aromatic heterocycles. The van der Waals surface area contributed by atoms with Crippen LogP contribution < -0.4 is 0 Å². The maximum absolute atomic E-state index is 11.2. The van der Waals surface area contributed by atoms with Gasteiger partial charge in [-0.05, 0) is 19.3 Å². The van der Waals surface area contributed by atoms with Gasteiger partial charge in [-0.1, -0.05) is 0 Å². The number of nitrogens with zero attached hydrogens (tertiary/aromatic N) is 1. The zero-order valence-corrected chi connectivity index (χ0v) is 7.87. The van der Waals surface area contributed by atoms with Crippen LogP contribution in [-0.2, 0) is 9.53 Å². The lowest BCUT2D eigenvalue weighted by Gasteiger charge is -2.26. The first kappa shape index (κ1) is 10.5. The van der Waals surface area contributed by atoms with Crippen molar-refractivity contribution in [3.8, 4) is 0 Å². The molecule has 0 aliphatic carbocycles. The highest BCUT2D eigenvalue weighted by molar-refractivity contribution is 5.77. The van der Waals surface area contributed by atoms with E-state index in [1.165, 1.54) is 0 Å². The summed E-state index contributed by atoms with van der Waals surface area (Å²) in [5.41, 5.74) is 0. The van der Waals surface area contributed by atoms with Crippen LogP contribution in [-0.4, -0.2) is 48.8 Å². The first-order valence-electron chi connectivity index (χ1n) is 4.81. The summed E-state index contributed by atoms with van der Waals surface area (Å²) < 4.78 is 5.01. The smallest absolute Gasteiger partial charge is 0.248 e. The highest BCUT2D eigenvalue weighted by atomic mass is 16.5. The van der Waals surface area contributed by atoms with Crippen LogP contribution in [0.3, 0.4) is 0 Å². The van der Waals surface area contributed by atoms with Gasteiger partial charge in [-0.2, -0.15) is 0 Å². The Labute approximate surface area is 78.5 Å². The van der Waals surface area contributed by atoms with Gasteiger partial charge < -0.3 is 14.7 Å². The molecule has 76 valence electrons. The molecule has 1 aliphatic heterocycles. The summed E-state index contributed by atoms with van der Waals surface area (Å²) in [4.78, 5) is 13.0. The van der Waals surface area contributed by atoms with Gasteiger partial charge >= 0.3 is 0 Å². The molecular formula is C9H17NO3. The number of carbonyl (C=O) groups is 1. The molecule has 0 aromatic rings. The topological polar surface area (TPSA) is 49.8 Å². The van der Waals surface area contributed by atoms with E-state index in [0.717, 1.165) is 32.4 Å². The van der Waals surface area contributed by atoms with Gasteiger partial charge in [0.1, 0.15) is 6.61 Å². The van der Waals surface area contributed by atoms with Crippen LogP contribution in [0.25, 0.3) is 0 Å². The van der Waals surface area contributed by atoms with Crippen LogP contribution in [0, 0.1) is 0 Å². The fourth-order valence-electron chi connectivity index (χ4n) is 1.38. The molecular weight excluding hydrogens is 170 g/mol. The van der Waals surface area contributed by atoms with Gasteiger partial charge in [-0.25, -0.2) is 0 Å². The predicted octanol–water partition coefficient (Wildman–Crippen LogP) is 0.00780. The van der Waals surface area contributed by atoms with Crippen molar-refractivity contribution in [3.05, 3.63) is 0 Å². The van der Waals surface area contributed by atoms with Crippen LogP contribution in [0.15, 0.2) is 0 Å². The molecule has 1 rings (SSSR count). The minimum absolute atomic E-state index is 0.0928. The van der Waals surface area contributed by atoms with Crippen molar-refractivity contribution in [2.45, 2.75) is 19.3 Å². The SMILES string of the molecule is O=C1COCCN1CCCCCO. The highest BCUT2D eigenvalue weighted by Crippen LogP contribution is 2.02. The summed E-state index contributed by atoms with van der Waals surface area (Å²) in [5, 5.41) is 8.55. The van der Waals surface area contributed by atoms with Crippen molar-refractivity contribution in [2.24, 2.45) is 0 Å². The monoisotopic (exact) mass is 187 g/mol. The van der Waals surface area contributed by atoms with E-state index in [1.54, 1.807) is 0 Å². The van der Waals surface area contributed by atoms with Crippen LogP contribution >= 0.6 is 0 Å². The van der Waals surface area contributed by atoms with Crippen LogP contribution in [0.1, 0.15) is 19.3 Å². The first-order chi connectivity index (χ1) is 6.34. The van der Waals surface area contributed by atoms with Crippen molar-refractivity contribution in [1.82, 2.24) is 4.90 Å². The number of amides is 1. The lowest BCUT2D eigenvalue weighted by atomic mass is 10.2. The molecule has 0 bridgehead atoms. The number of hydrogen-bond acceptors (Lipinski definition) is 3. The van der Waals surface area contributed by atoms with Crippen LogP contribution in [0.2, 0.25) is 0 Å². The molecule has 0 unspecified atom stereocenters. The van der Waals surface area contributed by atoms with Crippen molar-refractivity contribution in [3.63, 3.8) is 0 Å². The molecule has 0 radical (unpaired) electrons. The molecule has 4 nitrogen and oxygen atoms in total. The van der Waals surface area contributed by atoms with Crippen LogP contribution in [0.5, 0.6) is 0 Å². The Hall–Kier alpha value is -0.610. The summed E-state index contributed by atoms with van der Waals surface area (Å²) >= 11 is 0. The Morgan fingerprint density at radius 1 is 1.38 bits per heavy atom. The van der Waals surface area contributed by atoms with Crippen molar-refractivity contribution < 1.29 is 14.6 Å². The second kappa shape index (κ2) is 5.94. The maximum atomic E-state index is 11.2. The third kappa shape index (κ3) is 3.74. The van der Waals surface area contributed by atoms with E-state index in [-0.39, 0.29) is 19.1 Å². The number of unbranched alkanes of at least 4 members (excludes halogenated alkanes) is 2. The summed E-state index contributed by atoms with van der Waals surface area (Å²) in [5.74, 6) is 0.0928. The molecule has 1 fully saturated rings. The maximum Gasteiger partial charge on any atom is 0.248 e. The zero-order valence-electron chi connectivity index (χ0n) is 7.87. The second-order valence-corrected chi connectivity index (χ2v) is 3.22. The van der Waals surface area contributed by atoms with Gasteiger partial charge in [0.25, 0.3) is 0 Å². The standard InChI is InChI=1S/C9H17NO3/c11-6-3-1-2-4-10-5-7-13-8-9(10)12/h11H,1-8H2. The number of rotatable bonds is 5. The number of aliphatic hydroxyl groups is 1. The quantitative estimate of drug-likeness (QED) is 0.617. The van der Waals surface area contributed by atoms with Gasteiger partial charge in [0.15, 0.2) is 0 Å². The molecule has 1 saturated heterocycles. The fraction of sp³-hybridized carbons (Fsp3) is 0.889. The predicted molar refractivity (Wildman–Crippen MR) is 48.3 cm³/mol. The first-order valence-corrected chi connectivity index (χ1v) is 4.81. The average Bonchev–Trinajstić information content (AvgIpc) is 2.15. The van der Waals surface area contributed by atoms with E-state index in [4.69, 9.17) is 9.84 Å². The highest BCUT2D eigenvalue weighted by Gasteiger charge is 2.17. The molecule has 13 heavy (non-hydrogen) atoms. The van der Waals surface area contributed by atoms with E-state index < -0.39 is 0 Å². The Balaban J connectivity index is 2.08. The van der Waals surface area contributed by atoms with E-state index in [0.29, 0.717) is 6.61 Å². The zero-order chi connectivity index (χ0) is 9.52. The van der Waals surface area contributed by atoms with Gasteiger partial charge in [0.2, 0.25) is 5.91 Å². The molecule has 1 heterocycles. The Morgan fingerprint density at radius 2 is 2.23 bits per heavy atom. The molecule has 1 aliphatic rings. The average molecular weight is 187 g/mol. The van der Waals surface area contributed by atoms with Gasteiger partial charge in [-0.3, -0.25) is 4.79 Å². The molecule has 0 spiro atoms. The molecule has 1 N–H and O–H groups in total. The minimum Gasteiger partial charge on any atom is -0.396 e. The summed E-state index contributed by atoms with van der Waals surface area (Å²) in [6.07, 6.45) is 2.80. The number of carbonyl (C=O) groups excluding carboxylic acids is 1. The van der Waals surface area contributed by atoms with E-state index >= 15 is 0 Å². The molecule has 4 heteroatoms. The van der Waals surface area contributed by atoms with Gasteiger partial charge in [-0.15, -0.1) is 0 Å². The van der Waals surface area contributed by atoms with E-state index in [1.807, 2.05) is 4.90 Å². The second-order valence-electron chi connectivity index (χ2n) is 3.22. The van der Waals surface area contributed by atoms with Crippen molar-refractivity contribution in [1.29, 1.82) is 0 Å². The van der Waals surface area contributed by atoms with Crippen LogP contribution in [0.4, 0.5) is 0 Å². The Kier molecular flexibility index (Phi) is 4.78. The Bertz CT molecular complexity index is 161. The van der Waals surface area contributed by atoms with Crippen molar-refractivity contribution >= 4 is 5.91 Å². The minimum atomic E-state index is 0.0928. The lowest BCUT2D eigenvalue weighted by molar-refractivity contribution is -0.142. The number of hydrogen-bond donors (Lipinski definition) is 1. The fourth-order valence-corrected chi connectivity index (χ4v) is 1.38. The van der Waals surface area contributed by atoms with Gasteiger partial charge in [0.05, 0.1) is 6.61 Å². The molecule has 1 amide bonds. The molecule has 0 atom stereocenters. The largest absolute Gasteiger partial charge is 0.396 e. The lowest BCUT2D eigenvalue weighted by Crippen LogP contribution is -2.41. The number of morpholine rings is 1. The van der Waals surface area contributed by atoms with Gasteiger partial charge in [0, 0.05) is 19.7 Å². The van der Waals surface area contributed by atoms with E-state index in [2.05, 4.69) is 0 Å². The Morgan fingerprint density at radius 3 is 2.92 bits per heavy atom. The molecule has 0 saturated carbocycles. The third-order valence-corrected chi connectivity index (χ3v) is 2.17. The third-order valence-electron chi connectivity index (χ3n) is 2.17. The normalized spacial score (nSPS) is 17.9. The van der Waals surface area contributed by atoms with Crippen molar-refractivity contribution in [2.75, 3.05) is 32.9 Å². The number of ether oxygens (including phenoxy) is 1. The molecule has 0 aromatic carbocycles.